The first-order valence-electron chi connectivity index (χ1n) is 11.9. The van der Waals surface area contributed by atoms with Gasteiger partial charge in [0.15, 0.2) is 23.5 Å². The van der Waals surface area contributed by atoms with Gasteiger partial charge in [0.1, 0.15) is 6.61 Å². The summed E-state index contributed by atoms with van der Waals surface area (Å²) >= 11 is 0. The van der Waals surface area contributed by atoms with Gasteiger partial charge >= 0.3 is 0 Å². The SMILES string of the molecule is CCC[C@H]1O[C@@H]2C[C@H]3[C@@H]4C[C@@H](O)C5=CC(=O)C=C[C@]5(C)[C@H]4[C@@H](O)C[C@]3(C)[C@]2(C(=O)CO)O1. The fourth-order valence-corrected chi connectivity index (χ4v) is 8.18. The number of ether oxygens (including phenoxy) is 2. The van der Waals surface area contributed by atoms with Crippen LogP contribution in [0.5, 0.6) is 0 Å². The number of hydrogen-bond donors (Lipinski definition) is 3. The molecule has 32 heavy (non-hydrogen) atoms. The minimum absolute atomic E-state index is 0.0296. The van der Waals surface area contributed by atoms with Gasteiger partial charge in [-0.3, -0.25) is 9.59 Å². The smallest absolute Gasteiger partial charge is 0.193 e. The van der Waals surface area contributed by atoms with Crippen LogP contribution in [-0.4, -0.2) is 63.7 Å². The lowest BCUT2D eigenvalue weighted by Gasteiger charge is -2.60. The first-order chi connectivity index (χ1) is 15.1. The van der Waals surface area contributed by atoms with Crippen LogP contribution >= 0.6 is 0 Å². The molecular formula is C25H34O7. The van der Waals surface area contributed by atoms with Gasteiger partial charge < -0.3 is 24.8 Å². The maximum absolute atomic E-state index is 13.2. The highest BCUT2D eigenvalue weighted by atomic mass is 16.7. The summed E-state index contributed by atoms with van der Waals surface area (Å²) in [6.07, 6.45) is 5.21. The maximum atomic E-state index is 13.2. The van der Waals surface area contributed by atoms with E-state index in [1.54, 1.807) is 0 Å². The zero-order chi connectivity index (χ0) is 23.1. The van der Waals surface area contributed by atoms with Crippen LogP contribution in [0, 0.1) is 28.6 Å². The molecule has 4 fully saturated rings. The number of rotatable bonds is 4. The molecule has 0 aromatic rings. The summed E-state index contributed by atoms with van der Waals surface area (Å²) in [6.45, 7) is 5.37. The van der Waals surface area contributed by atoms with E-state index in [-0.39, 0.29) is 29.3 Å². The Morgan fingerprint density at radius 1 is 1.25 bits per heavy atom. The third kappa shape index (κ3) is 2.66. The average Bonchev–Trinajstić information content (AvgIpc) is 3.21. The molecule has 4 aliphatic carbocycles. The minimum Gasteiger partial charge on any atom is -0.393 e. The number of allylic oxidation sites excluding steroid dienone is 3. The molecule has 176 valence electrons. The van der Waals surface area contributed by atoms with E-state index in [4.69, 9.17) is 9.47 Å². The highest BCUT2D eigenvalue weighted by Gasteiger charge is 2.76. The predicted molar refractivity (Wildman–Crippen MR) is 114 cm³/mol. The van der Waals surface area contributed by atoms with E-state index < -0.39 is 47.6 Å². The molecule has 3 saturated carbocycles. The van der Waals surface area contributed by atoms with Crippen molar-refractivity contribution in [3.05, 3.63) is 23.8 Å². The van der Waals surface area contributed by atoms with Gasteiger partial charge in [0.2, 0.25) is 0 Å². The molecule has 1 heterocycles. The zero-order valence-electron chi connectivity index (χ0n) is 19.0. The lowest BCUT2D eigenvalue weighted by Crippen LogP contribution is -2.64. The molecule has 0 spiro atoms. The summed E-state index contributed by atoms with van der Waals surface area (Å²) in [5, 5.41) is 32.5. The highest BCUT2D eigenvalue weighted by Crippen LogP contribution is 2.69. The van der Waals surface area contributed by atoms with E-state index in [0.29, 0.717) is 31.3 Å². The number of fused-ring (bicyclic) bond motifs is 7. The van der Waals surface area contributed by atoms with Crippen LogP contribution in [0.3, 0.4) is 0 Å². The van der Waals surface area contributed by atoms with Gasteiger partial charge in [-0.05, 0) is 55.2 Å². The number of carbonyl (C=O) groups is 2. The molecule has 10 atom stereocenters. The van der Waals surface area contributed by atoms with E-state index in [1.807, 2.05) is 26.8 Å². The Morgan fingerprint density at radius 2 is 2.00 bits per heavy atom. The van der Waals surface area contributed by atoms with E-state index in [2.05, 4.69) is 0 Å². The molecule has 0 unspecified atom stereocenters. The predicted octanol–water partition coefficient (Wildman–Crippen LogP) is 1.69. The average molecular weight is 447 g/mol. The summed E-state index contributed by atoms with van der Waals surface area (Å²) in [6, 6.07) is 0. The summed E-state index contributed by atoms with van der Waals surface area (Å²) in [5.74, 6) is -0.825. The van der Waals surface area contributed by atoms with Crippen LogP contribution in [0.4, 0.5) is 0 Å². The van der Waals surface area contributed by atoms with Crippen LogP contribution in [0.25, 0.3) is 0 Å². The Kier molecular flexibility index (Phi) is 5.12. The van der Waals surface area contributed by atoms with Crippen molar-refractivity contribution in [3.63, 3.8) is 0 Å². The molecule has 0 bridgehead atoms. The van der Waals surface area contributed by atoms with Crippen molar-refractivity contribution in [2.45, 2.75) is 83.1 Å². The number of aliphatic hydroxyl groups excluding tert-OH is 3. The van der Waals surface area contributed by atoms with Crippen molar-refractivity contribution in [1.82, 2.24) is 0 Å². The van der Waals surface area contributed by atoms with Crippen LogP contribution in [0.1, 0.15) is 52.9 Å². The first-order valence-corrected chi connectivity index (χ1v) is 11.9. The number of ketones is 2. The van der Waals surface area contributed by atoms with Gasteiger partial charge in [0, 0.05) is 16.7 Å². The molecule has 7 heteroatoms. The fraction of sp³-hybridized carbons (Fsp3) is 0.760. The Balaban J connectivity index is 1.58. The second kappa shape index (κ2) is 7.31. The van der Waals surface area contributed by atoms with Crippen molar-refractivity contribution in [3.8, 4) is 0 Å². The summed E-state index contributed by atoms with van der Waals surface area (Å²) in [7, 11) is 0. The van der Waals surface area contributed by atoms with Crippen LogP contribution < -0.4 is 0 Å². The van der Waals surface area contributed by atoms with E-state index >= 15 is 0 Å². The summed E-state index contributed by atoms with van der Waals surface area (Å²) in [4.78, 5) is 25.3. The first kappa shape index (κ1) is 22.4. The van der Waals surface area contributed by atoms with Gasteiger partial charge in [0.25, 0.3) is 0 Å². The van der Waals surface area contributed by atoms with Gasteiger partial charge in [-0.1, -0.05) is 33.3 Å². The maximum Gasteiger partial charge on any atom is 0.193 e. The molecule has 0 amide bonds. The van der Waals surface area contributed by atoms with Crippen LogP contribution in [-0.2, 0) is 19.1 Å². The van der Waals surface area contributed by atoms with Crippen LogP contribution in [0.15, 0.2) is 23.8 Å². The second-order valence-corrected chi connectivity index (χ2v) is 10.9. The summed E-state index contributed by atoms with van der Waals surface area (Å²) in [5.41, 5.74) is -1.98. The molecule has 0 aromatic carbocycles. The lowest BCUT2D eigenvalue weighted by molar-refractivity contribution is -0.203. The molecule has 0 radical (unpaired) electrons. The van der Waals surface area contributed by atoms with Crippen molar-refractivity contribution in [1.29, 1.82) is 0 Å². The Morgan fingerprint density at radius 3 is 2.69 bits per heavy atom. The second-order valence-electron chi connectivity index (χ2n) is 10.9. The monoisotopic (exact) mass is 446 g/mol. The van der Waals surface area contributed by atoms with Gasteiger partial charge in [-0.15, -0.1) is 0 Å². The molecule has 5 aliphatic rings. The number of Topliss-reactive ketones (excluding diaryl/α,β-unsaturated/α-hetero) is 1. The molecule has 0 aromatic heterocycles. The molecule has 5 rings (SSSR count). The quantitative estimate of drug-likeness (QED) is 0.602. The fourth-order valence-electron chi connectivity index (χ4n) is 8.18. The number of hydrogen-bond acceptors (Lipinski definition) is 7. The minimum atomic E-state index is -1.29. The highest BCUT2D eigenvalue weighted by molar-refractivity contribution is 6.01. The van der Waals surface area contributed by atoms with Crippen molar-refractivity contribution in [2.75, 3.05) is 6.61 Å². The van der Waals surface area contributed by atoms with Gasteiger partial charge in [-0.25, -0.2) is 0 Å². The lowest BCUT2D eigenvalue weighted by atomic mass is 9.45. The van der Waals surface area contributed by atoms with E-state index in [0.717, 1.165) is 6.42 Å². The number of aliphatic hydroxyl groups is 3. The van der Waals surface area contributed by atoms with Gasteiger partial charge in [0.05, 0.1) is 18.3 Å². The van der Waals surface area contributed by atoms with E-state index in [9.17, 15) is 24.9 Å². The van der Waals surface area contributed by atoms with Crippen LogP contribution in [0.2, 0.25) is 0 Å². The molecule has 7 nitrogen and oxygen atoms in total. The van der Waals surface area contributed by atoms with Crippen molar-refractivity contribution >= 4 is 11.6 Å². The molecule has 3 N–H and O–H groups in total. The van der Waals surface area contributed by atoms with Crippen molar-refractivity contribution in [2.24, 2.45) is 28.6 Å². The third-order valence-electron chi connectivity index (χ3n) is 9.39. The summed E-state index contributed by atoms with van der Waals surface area (Å²) < 4.78 is 12.6. The van der Waals surface area contributed by atoms with Crippen molar-refractivity contribution < 1.29 is 34.4 Å². The molecule has 1 aliphatic heterocycles. The number of carbonyl (C=O) groups excluding carboxylic acids is 2. The molecular weight excluding hydrogens is 412 g/mol. The molecule has 1 saturated heterocycles. The Hall–Kier alpha value is -1.38. The van der Waals surface area contributed by atoms with Gasteiger partial charge in [-0.2, -0.15) is 0 Å². The third-order valence-corrected chi connectivity index (χ3v) is 9.39. The standard InChI is InChI=1S/C25H34O7/c1-4-5-21-31-20-10-15-14-9-17(28)16-8-13(27)6-7-23(16,2)22(14)18(29)11-24(15,3)25(20,32-21)19(30)12-26/h6-8,14-15,17-18,20-22,26,28-29H,4-5,9-12H2,1-3H3/t14-,15-,17+,18-,20+,21-,22+,23-,24-,25+/m0/s1. The normalized spacial score (nSPS) is 51.5. The van der Waals surface area contributed by atoms with E-state index in [1.165, 1.54) is 12.2 Å². The Labute approximate surface area is 188 Å². The largest absolute Gasteiger partial charge is 0.393 e. The topological polar surface area (TPSA) is 113 Å². The zero-order valence-corrected chi connectivity index (χ0v) is 19.0. The Bertz CT molecular complexity index is 895.